The number of rotatable bonds is 10. The predicted molar refractivity (Wildman–Crippen MR) is 123 cm³/mol. The second-order valence-electron chi connectivity index (χ2n) is 8.44. The van der Waals surface area contributed by atoms with Crippen molar-refractivity contribution in [1.29, 1.82) is 0 Å². The minimum Gasteiger partial charge on any atom is -0.489 e. The number of unbranched alkanes of at least 4 members (excludes halogenated alkanes) is 4. The molecule has 0 aromatic heterocycles. The predicted octanol–water partition coefficient (Wildman–Crippen LogP) is 8.19. The van der Waals surface area contributed by atoms with Crippen molar-refractivity contribution in [3.63, 3.8) is 0 Å². The Bertz CT molecular complexity index is 669. The van der Waals surface area contributed by atoms with Gasteiger partial charge < -0.3 is 4.74 Å². The summed E-state index contributed by atoms with van der Waals surface area (Å²) >= 11 is 4.31. The first kappa shape index (κ1) is 21.3. The van der Waals surface area contributed by atoms with Crippen LogP contribution in [-0.2, 0) is 6.61 Å². The molecule has 152 valence electrons. The first-order valence-corrected chi connectivity index (χ1v) is 11.7. The van der Waals surface area contributed by atoms with Crippen molar-refractivity contribution in [2.24, 2.45) is 5.92 Å². The molecule has 2 aromatic carbocycles. The van der Waals surface area contributed by atoms with Gasteiger partial charge in [0, 0.05) is 4.90 Å². The van der Waals surface area contributed by atoms with Crippen LogP contribution in [0.25, 0.3) is 0 Å². The Balaban J connectivity index is 1.39. The third kappa shape index (κ3) is 6.88. The van der Waals surface area contributed by atoms with Crippen molar-refractivity contribution >= 4 is 12.6 Å². The SMILES string of the molecule is CCCCCCCC1CCC(c2ccc(COc3ccc(S)cc3)cc2)CC1. The smallest absolute Gasteiger partial charge is 0.119 e. The van der Waals surface area contributed by atoms with E-state index in [2.05, 4.69) is 43.8 Å². The zero-order chi connectivity index (χ0) is 19.6. The lowest BCUT2D eigenvalue weighted by molar-refractivity contribution is 0.300. The second-order valence-corrected chi connectivity index (χ2v) is 8.96. The molecule has 0 saturated heterocycles. The fourth-order valence-corrected chi connectivity index (χ4v) is 4.57. The van der Waals surface area contributed by atoms with Gasteiger partial charge in [-0.1, -0.05) is 69.7 Å². The molecule has 1 aliphatic carbocycles. The molecule has 0 aliphatic heterocycles. The molecular weight excluding hydrogens is 360 g/mol. The monoisotopic (exact) mass is 396 g/mol. The van der Waals surface area contributed by atoms with Crippen LogP contribution in [0.5, 0.6) is 5.75 Å². The van der Waals surface area contributed by atoms with E-state index >= 15 is 0 Å². The van der Waals surface area contributed by atoms with E-state index in [9.17, 15) is 0 Å². The molecule has 1 aliphatic rings. The van der Waals surface area contributed by atoms with E-state index in [0.29, 0.717) is 6.61 Å². The molecular formula is C26H36OS. The van der Waals surface area contributed by atoms with E-state index in [0.717, 1.165) is 22.5 Å². The van der Waals surface area contributed by atoms with Crippen LogP contribution in [0.15, 0.2) is 53.4 Å². The highest BCUT2D eigenvalue weighted by Crippen LogP contribution is 2.37. The Morgan fingerprint density at radius 1 is 0.821 bits per heavy atom. The molecule has 0 bridgehead atoms. The van der Waals surface area contributed by atoms with Crippen LogP contribution in [0.4, 0.5) is 0 Å². The third-order valence-electron chi connectivity index (χ3n) is 6.26. The van der Waals surface area contributed by atoms with Gasteiger partial charge in [-0.25, -0.2) is 0 Å². The minimum atomic E-state index is 0.622. The average molecular weight is 397 g/mol. The van der Waals surface area contributed by atoms with Gasteiger partial charge in [0.15, 0.2) is 0 Å². The molecule has 0 spiro atoms. The Morgan fingerprint density at radius 2 is 1.50 bits per heavy atom. The summed E-state index contributed by atoms with van der Waals surface area (Å²) < 4.78 is 5.87. The summed E-state index contributed by atoms with van der Waals surface area (Å²) in [5.41, 5.74) is 2.75. The maximum Gasteiger partial charge on any atom is 0.119 e. The summed E-state index contributed by atoms with van der Waals surface area (Å²) in [4.78, 5) is 0.961. The molecule has 3 rings (SSSR count). The lowest BCUT2D eigenvalue weighted by Gasteiger charge is -2.29. The summed E-state index contributed by atoms with van der Waals surface area (Å²) in [5, 5.41) is 0. The third-order valence-corrected chi connectivity index (χ3v) is 6.55. The van der Waals surface area contributed by atoms with Crippen LogP contribution in [0.1, 0.15) is 88.2 Å². The maximum atomic E-state index is 5.87. The van der Waals surface area contributed by atoms with Gasteiger partial charge in [-0.15, -0.1) is 12.6 Å². The normalized spacial score (nSPS) is 19.5. The summed E-state index contributed by atoms with van der Waals surface area (Å²) in [5.74, 6) is 2.64. The topological polar surface area (TPSA) is 9.23 Å². The average Bonchev–Trinajstić information content (AvgIpc) is 2.74. The highest BCUT2D eigenvalue weighted by Gasteiger charge is 2.22. The van der Waals surface area contributed by atoms with E-state index in [-0.39, 0.29) is 0 Å². The van der Waals surface area contributed by atoms with Crippen molar-refractivity contribution in [2.45, 2.75) is 88.6 Å². The van der Waals surface area contributed by atoms with Crippen LogP contribution in [0, 0.1) is 5.92 Å². The number of hydrogen-bond acceptors (Lipinski definition) is 2. The van der Waals surface area contributed by atoms with Crippen molar-refractivity contribution in [3.8, 4) is 5.75 Å². The largest absolute Gasteiger partial charge is 0.489 e. The second kappa shape index (κ2) is 11.6. The van der Waals surface area contributed by atoms with E-state index in [1.54, 1.807) is 0 Å². The lowest BCUT2D eigenvalue weighted by atomic mass is 9.77. The molecule has 0 amide bonds. The Kier molecular flexibility index (Phi) is 8.79. The molecule has 0 atom stereocenters. The first-order valence-electron chi connectivity index (χ1n) is 11.2. The van der Waals surface area contributed by atoms with Crippen LogP contribution >= 0.6 is 12.6 Å². The van der Waals surface area contributed by atoms with E-state index in [4.69, 9.17) is 4.74 Å². The Labute approximate surface area is 177 Å². The van der Waals surface area contributed by atoms with Crippen molar-refractivity contribution in [2.75, 3.05) is 0 Å². The molecule has 0 heterocycles. The van der Waals surface area contributed by atoms with E-state index in [1.165, 1.54) is 75.3 Å². The standard InChI is InChI=1S/C26H36OS/c1-2-3-4-5-6-7-21-8-12-23(13-9-21)24-14-10-22(11-15-24)20-27-25-16-18-26(28)19-17-25/h10-11,14-19,21,23,28H,2-9,12-13,20H2,1H3. The highest BCUT2D eigenvalue weighted by molar-refractivity contribution is 7.80. The number of ether oxygens (including phenoxy) is 1. The van der Waals surface area contributed by atoms with Gasteiger partial charge in [-0.2, -0.15) is 0 Å². The van der Waals surface area contributed by atoms with Crippen molar-refractivity contribution in [1.82, 2.24) is 0 Å². The summed E-state index contributed by atoms with van der Waals surface area (Å²) in [6.45, 7) is 2.92. The van der Waals surface area contributed by atoms with Gasteiger partial charge in [-0.05, 0) is 72.9 Å². The molecule has 28 heavy (non-hydrogen) atoms. The molecule has 2 heteroatoms. The van der Waals surface area contributed by atoms with E-state index in [1.807, 2.05) is 24.3 Å². The minimum absolute atomic E-state index is 0.622. The van der Waals surface area contributed by atoms with Crippen LogP contribution in [0.3, 0.4) is 0 Å². The summed E-state index contributed by atoms with van der Waals surface area (Å²) in [6, 6.07) is 17.0. The molecule has 2 aromatic rings. The quantitative estimate of drug-likeness (QED) is 0.314. The van der Waals surface area contributed by atoms with Gasteiger partial charge in [0.1, 0.15) is 12.4 Å². The van der Waals surface area contributed by atoms with Crippen molar-refractivity contribution in [3.05, 3.63) is 59.7 Å². The lowest BCUT2D eigenvalue weighted by Crippen LogP contribution is -2.13. The molecule has 1 nitrogen and oxygen atoms in total. The van der Waals surface area contributed by atoms with E-state index < -0.39 is 0 Å². The van der Waals surface area contributed by atoms with Gasteiger partial charge in [-0.3, -0.25) is 0 Å². The zero-order valence-electron chi connectivity index (χ0n) is 17.4. The molecule has 1 fully saturated rings. The van der Waals surface area contributed by atoms with Crippen LogP contribution in [-0.4, -0.2) is 0 Å². The molecule has 0 N–H and O–H groups in total. The highest BCUT2D eigenvalue weighted by atomic mass is 32.1. The molecule has 1 saturated carbocycles. The molecule has 0 radical (unpaired) electrons. The van der Waals surface area contributed by atoms with Crippen molar-refractivity contribution < 1.29 is 4.74 Å². The van der Waals surface area contributed by atoms with Gasteiger partial charge >= 0.3 is 0 Å². The Morgan fingerprint density at radius 3 is 2.18 bits per heavy atom. The Hall–Kier alpha value is -1.41. The fraction of sp³-hybridized carbons (Fsp3) is 0.538. The first-order chi connectivity index (χ1) is 13.7. The number of benzene rings is 2. The summed E-state index contributed by atoms with van der Waals surface area (Å²) in [6.07, 6.45) is 14.1. The zero-order valence-corrected chi connectivity index (χ0v) is 18.3. The fourth-order valence-electron chi connectivity index (χ4n) is 4.42. The van der Waals surface area contributed by atoms with Gasteiger partial charge in [0.25, 0.3) is 0 Å². The maximum absolute atomic E-state index is 5.87. The van der Waals surface area contributed by atoms with Crippen LogP contribution < -0.4 is 4.74 Å². The van der Waals surface area contributed by atoms with Gasteiger partial charge in [0.2, 0.25) is 0 Å². The number of hydrogen-bond donors (Lipinski definition) is 1. The van der Waals surface area contributed by atoms with Gasteiger partial charge in [0.05, 0.1) is 0 Å². The van der Waals surface area contributed by atoms with Crippen LogP contribution in [0.2, 0.25) is 0 Å². The summed E-state index contributed by atoms with van der Waals surface area (Å²) in [7, 11) is 0. The number of thiol groups is 1. The molecule has 0 unspecified atom stereocenters.